The van der Waals surface area contributed by atoms with Crippen LogP contribution >= 0.6 is 0 Å². The molecule has 5 rings (SSSR count). The number of fused-ring (bicyclic) bond motifs is 1. The largest absolute Gasteiger partial charge is 0.334 e. The molecule has 6 heteroatoms. The van der Waals surface area contributed by atoms with Crippen molar-refractivity contribution >= 4 is 22.7 Å². The molecule has 0 unspecified atom stereocenters. The van der Waals surface area contributed by atoms with Gasteiger partial charge in [-0.15, -0.1) is 0 Å². The second kappa shape index (κ2) is 6.46. The van der Waals surface area contributed by atoms with E-state index in [4.69, 9.17) is 10.2 Å². The summed E-state index contributed by atoms with van der Waals surface area (Å²) in [5.74, 6) is 1.95. The van der Waals surface area contributed by atoms with Gasteiger partial charge in [-0.3, -0.25) is 0 Å². The first-order valence-corrected chi connectivity index (χ1v) is 9.26. The summed E-state index contributed by atoms with van der Waals surface area (Å²) in [6.07, 6.45) is 5.87. The van der Waals surface area contributed by atoms with Crippen LogP contribution in [0.3, 0.4) is 0 Å². The zero-order chi connectivity index (χ0) is 19.1. The molecular weight excluding hydrogens is 348 g/mol. The van der Waals surface area contributed by atoms with Gasteiger partial charge in [0.15, 0.2) is 0 Å². The first-order valence-electron chi connectivity index (χ1n) is 9.26. The van der Waals surface area contributed by atoms with E-state index in [-0.39, 0.29) is 0 Å². The molecule has 6 nitrogen and oxygen atoms in total. The number of aryl methyl sites for hydroxylation is 1. The fourth-order valence-electron chi connectivity index (χ4n) is 3.41. The standard InChI is InChI=1S/C22H18N6/c1-28-13-25-19-9-16(4-5-20(19)28)18-10-17(15-2-3-15)11-22(26-18)27-21-8-14(12-23)6-7-24-21/h4-11,13,15H,2-3H2,1H3,(H,24,26,27). The van der Waals surface area contributed by atoms with Crippen LogP contribution in [-0.4, -0.2) is 19.5 Å². The molecule has 1 saturated carbocycles. The molecule has 4 aromatic rings. The number of imidazole rings is 1. The summed E-state index contributed by atoms with van der Waals surface area (Å²) in [5, 5.41) is 12.4. The summed E-state index contributed by atoms with van der Waals surface area (Å²) in [7, 11) is 1.99. The van der Waals surface area contributed by atoms with Crippen LogP contribution in [0.4, 0.5) is 11.6 Å². The number of pyridine rings is 2. The molecule has 0 atom stereocenters. The molecule has 28 heavy (non-hydrogen) atoms. The number of aromatic nitrogens is 4. The van der Waals surface area contributed by atoms with Gasteiger partial charge in [-0.05, 0) is 60.7 Å². The van der Waals surface area contributed by atoms with Gasteiger partial charge in [-0.1, -0.05) is 6.07 Å². The second-order valence-corrected chi connectivity index (χ2v) is 7.17. The Labute approximate surface area is 162 Å². The van der Waals surface area contributed by atoms with Crippen molar-refractivity contribution in [3.63, 3.8) is 0 Å². The minimum atomic E-state index is 0.566. The van der Waals surface area contributed by atoms with Crippen molar-refractivity contribution in [2.24, 2.45) is 7.05 Å². The van der Waals surface area contributed by atoms with Crippen molar-refractivity contribution in [2.75, 3.05) is 5.32 Å². The van der Waals surface area contributed by atoms with Crippen LogP contribution in [0.15, 0.2) is 55.0 Å². The molecule has 0 amide bonds. The first kappa shape index (κ1) is 16.5. The zero-order valence-electron chi connectivity index (χ0n) is 15.4. The van der Waals surface area contributed by atoms with Gasteiger partial charge in [0.2, 0.25) is 0 Å². The summed E-state index contributed by atoms with van der Waals surface area (Å²) >= 11 is 0. The minimum absolute atomic E-state index is 0.566. The van der Waals surface area contributed by atoms with Crippen molar-refractivity contribution in [3.05, 3.63) is 66.1 Å². The molecule has 1 aromatic carbocycles. The molecule has 1 aliphatic carbocycles. The molecule has 3 aromatic heterocycles. The van der Waals surface area contributed by atoms with Crippen LogP contribution < -0.4 is 5.32 Å². The highest BCUT2D eigenvalue weighted by molar-refractivity contribution is 5.81. The van der Waals surface area contributed by atoms with E-state index in [0.29, 0.717) is 17.3 Å². The van der Waals surface area contributed by atoms with Gasteiger partial charge >= 0.3 is 0 Å². The number of anilines is 2. The van der Waals surface area contributed by atoms with E-state index in [0.717, 1.165) is 28.1 Å². The third kappa shape index (κ3) is 3.08. The Hall–Kier alpha value is -3.72. The van der Waals surface area contributed by atoms with Gasteiger partial charge in [0.1, 0.15) is 11.6 Å². The fourth-order valence-corrected chi connectivity index (χ4v) is 3.41. The lowest BCUT2D eigenvalue weighted by atomic mass is 10.1. The fraction of sp³-hybridized carbons (Fsp3) is 0.182. The van der Waals surface area contributed by atoms with Crippen molar-refractivity contribution in [1.29, 1.82) is 5.26 Å². The summed E-state index contributed by atoms with van der Waals surface area (Å²) in [6.45, 7) is 0. The summed E-state index contributed by atoms with van der Waals surface area (Å²) in [6, 6.07) is 16.0. The van der Waals surface area contributed by atoms with E-state index in [1.807, 2.05) is 17.9 Å². The maximum absolute atomic E-state index is 9.11. The number of benzene rings is 1. The highest BCUT2D eigenvalue weighted by Crippen LogP contribution is 2.42. The summed E-state index contributed by atoms with van der Waals surface area (Å²) in [4.78, 5) is 13.6. The highest BCUT2D eigenvalue weighted by Gasteiger charge is 2.25. The van der Waals surface area contributed by atoms with Crippen molar-refractivity contribution in [3.8, 4) is 17.3 Å². The molecular formula is C22H18N6. The van der Waals surface area contributed by atoms with Crippen LogP contribution in [0.1, 0.15) is 29.9 Å². The average Bonchev–Trinajstić information content (AvgIpc) is 3.51. The number of nitrogens with one attached hydrogen (secondary N) is 1. The molecule has 0 spiro atoms. The normalized spacial score (nSPS) is 13.4. The molecule has 1 N–H and O–H groups in total. The Morgan fingerprint density at radius 2 is 1.96 bits per heavy atom. The van der Waals surface area contributed by atoms with E-state index in [1.54, 1.807) is 18.3 Å². The molecule has 1 aliphatic rings. The van der Waals surface area contributed by atoms with Crippen molar-refractivity contribution in [2.45, 2.75) is 18.8 Å². The van der Waals surface area contributed by atoms with Gasteiger partial charge in [0.05, 0.1) is 34.7 Å². The summed E-state index contributed by atoms with van der Waals surface area (Å²) < 4.78 is 2.01. The van der Waals surface area contributed by atoms with Crippen molar-refractivity contribution < 1.29 is 0 Å². The van der Waals surface area contributed by atoms with Crippen LogP contribution in [0.25, 0.3) is 22.3 Å². The van der Waals surface area contributed by atoms with Gasteiger partial charge < -0.3 is 9.88 Å². The maximum atomic E-state index is 9.11. The van der Waals surface area contributed by atoms with Gasteiger partial charge in [-0.25, -0.2) is 15.0 Å². The van der Waals surface area contributed by atoms with Crippen LogP contribution in [-0.2, 0) is 7.05 Å². The second-order valence-electron chi connectivity index (χ2n) is 7.17. The average molecular weight is 366 g/mol. The van der Waals surface area contributed by atoms with E-state index in [9.17, 15) is 0 Å². The molecule has 0 saturated heterocycles. The van der Waals surface area contributed by atoms with Crippen LogP contribution in [0.5, 0.6) is 0 Å². The lowest BCUT2D eigenvalue weighted by Crippen LogP contribution is -1.99. The number of hydrogen-bond acceptors (Lipinski definition) is 5. The summed E-state index contributed by atoms with van der Waals surface area (Å²) in [5.41, 5.74) is 5.85. The Bertz CT molecular complexity index is 1230. The Kier molecular flexibility index (Phi) is 3.80. The van der Waals surface area contributed by atoms with E-state index < -0.39 is 0 Å². The van der Waals surface area contributed by atoms with Crippen molar-refractivity contribution in [1.82, 2.24) is 19.5 Å². The smallest absolute Gasteiger partial charge is 0.132 e. The molecule has 3 heterocycles. The molecule has 0 radical (unpaired) electrons. The SMILES string of the molecule is Cn1cnc2cc(-c3cc(C4CC4)cc(Nc4cc(C#N)ccn4)n3)ccc21. The first-order chi connectivity index (χ1) is 13.7. The predicted octanol–water partition coefficient (Wildman–Crippen LogP) is 4.52. The predicted molar refractivity (Wildman–Crippen MR) is 108 cm³/mol. The number of nitriles is 1. The van der Waals surface area contributed by atoms with Gasteiger partial charge in [-0.2, -0.15) is 5.26 Å². The lowest BCUT2D eigenvalue weighted by Gasteiger charge is -2.11. The minimum Gasteiger partial charge on any atom is -0.334 e. The van der Waals surface area contributed by atoms with Gasteiger partial charge in [0.25, 0.3) is 0 Å². The zero-order valence-corrected chi connectivity index (χ0v) is 15.4. The van der Waals surface area contributed by atoms with E-state index in [2.05, 4.69) is 51.7 Å². The maximum Gasteiger partial charge on any atom is 0.132 e. The van der Waals surface area contributed by atoms with E-state index >= 15 is 0 Å². The number of rotatable bonds is 4. The molecule has 136 valence electrons. The number of hydrogen-bond donors (Lipinski definition) is 1. The third-order valence-electron chi connectivity index (χ3n) is 5.06. The number of nitrogens with zero attached hydrogens (tertiary/aromatic N) is 5. The quantitative estimate of drug-likeness (QED) is 0.574. The Balaban J connectivity index is 1.56. The van der Waals surface area contributed by atoms with E-state index in [1.165, 1.54) is 18.4 Å². The molecule has 1 fully saturated rings. The lowest BCUT2D eigenvalue weighted by molar-refractivity contribution is 0.948. The van der Waals surface area contributed by atoms with Crippen LogP contribution in [0, 0.1) is 11.3 Å². The molecule has 0 bridgehead atoms. The third-order valence-corrected chi connectivity index (χ3v) is 5.06. The monoisotopic (exact) mass is 366 g/mol. The topological polar surface area (TPSA) is 79.4 Å². The molecule has 0 aliphatic heterocycles. The van der Waals surface area contributed by atoms with Gasteiger partial charge in [0, 0.05) is 18.8 Å². The Morgan fingerprint density at radius 3 is 2.79 bits per heavy atom. The Morgan fingerprint density at radius 1 is 1.07 bits per heavy atom. The van der Waals surface area contributed by atoms with Crippen LogP contribution in [0.2, 0.25) is 0 Å². The highest BCUT2D eigenvalue weighted by atomic mass is 15.1.